The van der Waals surface area contributed by atoms with Gasteiger partial charge in [0, 0.05) is 31.2 Å². The summed E-state index contributed by atoms with van der Waals surface area (Å²) in [5.74, 6) is 0.980. The van der Waals surface area contributed by atoms with Crippen LogP contribution in [0.1, 0.15) is 32.6 Å². The fraction of sp³-hybridized carbons (Fsp3) is 0.421. The average Bonchev–Trinajstić information content (AvgIpc) is 3.14. The zero-order chi connectivity index (χ0) is 17.5. The molecule has 3 rings (SSSR count). The normalized spacial score (nSPS) is 11.2. The lowest BCUT2D eigenvalue weighted by Crippen LogP contribution is -2.23. The maximum Gasteiger partial charge on any atom is 0.262 e. The third-order valence-corrected chi connectivity index (χ3v) is 5.16. The number of aryl methyl sites for hydroxylation is 1. The Kier molecular flexibility index (Phi) is 6.28. The summed E-state index contributed by atoms with van der Waals surface area (Å²) >= 11 is 1.69. The number of para-hydroxylation sites is 1. The Hall–Kier alpha value is -2.08. The van der Waals surface area contributed by atoms with Gasteiger partial charge in [-0.05, 0) is 37.5 Å². The van der Waals surface area contributed by atoms with Gasteiger partial charge in [-0.15, -0.1) is 0 Å². The first-order valence-electron chi connectivity index (χ1n) is 8.89. The Morgan fingerprint density at radius 3 is 2.76 bits per heavy atom. The first-order valence-corrected chi connectivity index (χ1v) is 9.88. The van der Waals surface area contributed by atoms with Gasteiger partial charge in [0.1, 0.15) is 0 Å². The maximum atomic E-state index is 12.7. The Morgan fingerprint density at radius 2 is 1.96 bits per heavy atom. The van der Waals surface area contributed by atoms with E-state index in [0.717, 1.165) is 55.2 Å². The van der Waals surface area contributed by atoms with Gasteiger partial charge in [0.15, 0.2) is 5.16 Å². The molecule has 0 amide bonds. The lowest BCUT2D eigenvalue weighted by Gasteiger charge is -2.12. The first-order chi connectivity index (χ1) is 12.3. The summed E-state index contributed by atoms with van der Waals surface area (Å²) in [7, 11) is 0. The van der Waals surface area contributed by atoms with Crippen molar-refractivity contribution in [1.29, 1.82) is 0 Å². The van der Waals surface area contributed by atoms with Crippen LogP contribution in [-0.2, 0) is 13.1 Å². The van der Waals surface area contributed by atoms with Crippen LogP contribution in [0.25, 0.3) is 10.9 Å². The maximum absolute atomic E-state index is 12.7. The highest BCUT2D eigenvalue weighted by Crippen LogP contribution is 2.19. The number of rotatable bonds is 9. The van der Waals surface area contributed by atoms with Crippen LogP contribution < -0.4 is 5.56 Å². The smallest absolute Gasteiger partial charge is 0.262 e. The molecule has 0 radical (unpaired) electrons. The molecular formula is C19H24N4OS. The van der Waals surface area contributed by atoms with Crippen LogP contribution in [0.2, 0.25) is 0 Å². The summed E-state index contributed by atoms with van der Waals surface area (Å²) in [4.78, 5) is 17.4. The highest BCUT2D eigenvalue weighted by Gasteiger charge is 2.10. The van der Waals surface area contributed by atoms with Crippen molar-refractivity contribution in [3.05, 3.63) is 53.1 Å². The summed E-state index contributed by atoms with van der Waals surface area (Å²) in [5, 5.41) is 5.77. The van der Waals surface area contributed by atoms with Crippen LogP contribution in [0.5, 0.6) is 0 Å². The van der Waals surface area contributed by atoms with Gasteiger partial charge < -0.3 is 0 Å². The number of nitrogens with zero attached hydrogens (tertiary/aromatic N) is 4. The van der Waals surface area contributed by atoms with Crippen molar-refractivity contribution in [2.24, 2.45) is 0 Å². The lowest BCUT2D eigenvalue weighted by atomic mass is 10.2. The molecule has 3 aromatic rings. The lowest BCUT2D eigenvalue weighted by molar-refractivity contribution is 0.553. The Morgan fingerprint density at radius 1 is 1.08 bits per heavy atom. The predicted octanol–water partition coefficient (Wildman–Crippen LogP) is 3.97. The summed E-state index contributed by atoms with van der Waals surface area (Å²) in [6.45, 7) is 3.77. The third-order valence-electron chi connectivity index (χ3n) is 4.10. The SMILES string of the molecule is CCCn1c(SCCCCCn2cccn2)nc2ccccc2c1=O. The highest BCUT2D eigenvalue weighted by molar-refractivity contribution is 7.99. The minimum Gasteiger partial charge on any atom is -0.287 e. The molecule has 0 saturated heterocycles. The zero-order valence-electron chi connectivity index (χ0n) is 14.6. The summed E-state index contributed by atoms with van der Waals surface area (Å²) < 4.78 is 3.80. The van der Waals surface area contributed by atoms with Crippen molar-refractivity contribution in [3.8, 4) is 0 Å². The molecule has 0 unspecified atom stereocenters. The highest BCUT2D eigenvalue weighted by atomic mass is 32.2. The quantitative estimate of drug-likeness (QED) is 0.331. The molecule has 5 nitrogen and oxygen atoms in total. The van der Waals surface area contributed by atoms with Gasteiger partial charge in [0.05, 0.1) is 10.9 Å². The number of unbranched alkanes of at least 4 members (excludes halogenated alkanes) is 2. The van der Waals surface area contributed by atoms with Crippen LogP contribution in [0.4, 0.5) is 0 Å². The molecular weight excluding hydrogens is 332 g/mol. The first kappa shape index (κ1) is 17.7. The minimum absolute atomic E-state index is 0.0774. The second kappa shape index (κ2) is 8.85. The van der Waals surface area contributed by atoms with E-state index in [1.807, 2.05) is 52.0 Å². The number of benzene rings is 1. The van der Waals surface area contributed by atoms with Crippen molar-refractivity contribution < 1.29 is 0 Å². The molecule has 0 bridgehead atoms. The van der Waals surface area contributed by atoms with E-state index in [4.69, 9.17) is 4.98 Å². The molecule has 2 heterocycles. The summed E-state index contributed by atoms with van der Waals surface area (Å²) in [5.41, 5.74) is 0.870. The van der Waals surface area contributed by atoms with Crippen LogP contribution in [-0.4, -0.2) is 25.1 Å². The fourth-order valence-corrected chi connectivity index (χ4v) is 3.85. The summed E-state index contributed by atoms with van der Waals surface area (Å²) in [6, 6.07) is 9.56. The molecule has 0 N–H and O–H groups in total. The van der Waals surface area contributed by atoms with Gasteiger partial charge in [-0.25, -0.2) is 4.98 Å². The summed E-state index contributed by atoms with van der Waals surface area (Å²) in [6.07, 6.45) is 8.12. The molecule has 2 aromatic heterocycles. The number of aromatic nitrogens is 4. The van der Waals surface area contributed by atoms with Gasteiger partial charge in [-0.1, -0.05) is 37.2 Å². The van der Waals surface area contributed by atoms with Crippen molar-refractivity contribution in [3.63, 3.8) is 0 Å². The van der Waals surface area contributed by atoms with Gasteiger partial charge in [0.25, 0.3) is 5.56 Å². The number of hydrogen-bond acceptors (Lipinski definition) is 4. The van der Waals surface area contributed by atoms with Crippen LogP contribution in [0.3, 0.4) is 0 Å². The van der Waals surface area contributed by atoms with E-state index in [9.17, 15) is 4.79 Å². The zero-order valence-corrected chi connectivity index (χ0v) is 15.4. The van der Waals surface area contributed by atoms with Crippen LogP contribution in [0, 0.1) is 0 Å². The van der Waals surface area contributed by atoms with Crippen molar-refractivity contribution in [2.75, 3.05) is 5.75 Å². The molecule has 25 heavy (non-hydrogen) atoms. The van der Waals surface area contributed by atoms with E-state index >= 15 is 0 Å². The van der Waals surface area contributed by atoms with Crippen molar-refractivity contribution in [1.82, 2.24) is 19.3 Å². The Bertz CT molecular complexity index is 857. The second-order valence-electron chi connectivity index (χ2n) is 6.05. The molecule has 132 valence electrons. The van der Waals surface area contributed by atoms with E-state index in [1.54, 1.807) is 11.8 Å². The molecule has 1 aromatic carbocycles. The minimum atomic E-state index is 0.0774. The average molecular weight is 356 g/mol. The van der Waals surface area contributed by atoms with E-state index < -0.39 is 0 Å². The molecule has 0 atom stereocenters. The molecule has 0 aliphatic rings. The largest absolute Gasteiger partial charge is 0.287 e. The number of thioether (sulfide) groups is 1. The van der Waals surface area contributed by atoms with E-state index in [-0.39, 0.29) is 5.56 Å². The third kappa shape index (κ3) is 4.51. The van der Waals surface area contributed by atoms with E-state index in [1.165, 1.54) is 0 Å². The monoisotopic (exact) mass is 356 g/mol. The number of hydrogen-bond donors (Lipinski definition) is 0. The van der Waals surface area contributed by atoms with Gasteiger partial charge in [-0.2, -0.15) is 5.10 Å². The molecule has 6 heteroatoms. The standard InChI is InChI=1S/C19H24N4OS/c1-2-12-23-18(24)16-9-4-5-10-17(16)21-19(23)25-15-7-3-6-13-22-14-8-11-20-22/h4-5,8-11,14H,2-3,6-7,12-13,15H2,1H3. The van der Waals surface area contributed by atoms with Crippen molar-refractivity contribution in [2.45, 2.75) is 50.9 Å². The second-order valence-corrected chi connectivity index (χ2v) is 7.11. The molecule has 0 saturated carbocycles. The van der Waals surface area contributed by atoms with Crippen LogP contribution in [0.15, 0.2) is 52.7 Å². The van der Waals surface area contributed by atoms with E-state index in [0.29, 0.717) is 5.39 Å². The van der Waals surface area contributed by atoms with Crippen molar-refractivity contribution >= 4 is 22.7 Å². The predicted molar refractivity (Wildman–Crippen MR) is 103 cm³/mol. The fourth-order valence-electron chi connectivity index (χ4n) is 2.83. The number of fused-ring (bicyclic) bond motifs is 1. The van der Waals surface area contributed by atoms with Gasteiger partial charge >= 0.3 is 0 Å². The van der Waals surface area contributed by atoms with E-state index in [2.05, 4.69) is 12.0 Å². The molecule has 0 aliphatic heterocycles. The Balaban J connectivity index is 1.60. The van der Waals surface area contributed by atoms with Gasteiger partial charge in [-0.3, -0.25) is 14.0 Å². The molecule has 0 aliphatic carbocycles. The Labute approximate surface area is 152 Å². The molecule has 0 spiro atoms. The molecule has 0 fully saturated rings. The van der Waals surface area contributed by atoms with Crippen LogP contribution >= 0.6 is 11.8 Å². The topological polar surface area (TPSA) is 52.7 Å². The van der Waals surface area contributed by atoms with Gasteiger partial charge in [0.2, 0.25) is 0 Å².